The molecule has 1 saturated heterocycles. The summed E-state index contributed by atoms with van der Waals surface area (Å²) in [6.07, 6.45) is -0.170. The van der Waals surface area contributed by atoms with Crippen molar-refractivity contribution in [2.75, 3.05) is 24.7 Å². The molecule has 0 bridgehead atoms. The van der Waals surface area contributed by atoms with Gasteiger partial charge in [-0.2, -0.15) is 13.2 Å². The highest BCUT2D eigenvalue weighted by atomic mass is 32.2. The molecule has 218 valence electrons. The van der Waals surface area contributed by atoms with Gasteiger partial charge in [0.1, 0.15) is 17.3 Å². The van der Waals surface area contributed by atoms with Crippen LogP contribution in [0.3, 0.4) is 0 Å². The number of carbonyl (C=O) groups excluding carboxylic acids is 1. The standard InChI is InChI=1S/C26H24F5N5O4S/c1-41(38,39)24-32-15-17(8-11-33-40-19-5-2-4-18(14-19)26(29,30)31)22(34-24)16-9-12-36(13-10-16)25(37)35-23-20(27)6-3-7-21(23)28/h2-7,11,14-16H,8-10,12-13H2,1H3,(H,35,37). The summed E-state index contributed by atoms with van der Waals surface area (Å²) >= 11 is 0. The molecule has 41 heavy (non-hydrogen) atoms. The van der Waals surface area contributed by atoms with E-state index in [0.717, 1.165) is 30.5 Å². The van der Waals surface area contributed by atoms with Gasteiger partial charge in [-0.1, -0.05) is 17.3 Å². The van der Waals surface area contributed by atoms with Gasteiger partial charge >= 0.3 is 12.2 Å². The fraction of sp³-hybridized carbons (Fsp3) is 0.308. The molecular formula is C26H24F5N5O4S. The Morgan fingerprint density at radius 1 is 1.15 bits per heavy atom. The molecule has 15 heteroatoms. The highest BCUT2D eigenvalue weighted by Crippen LogP contribution is 2.32. The minimum absolute atomic E-state index is 0.0750. The lowest BCUT2D eigenvalue weighted by Crippen LogP contribution is -2.41. The number of aromatic nitrogens is 2. The minimum atomic E-state index is -4.54. The van der Waals surface area contributed by atoms with E-state index in [1.54, 1.807) is 0 Å². The molecule has 1 aliphatic heterocycles. The molecule has 2 heterocycles. The number of halogens is 5. The zero-order chi connectivity index (χ0) is 29.8. The van der Waals surface area contributed by atoms with Crippen LogP contribution in [-0.2, 0) is 22.4 Å². The van der Waals surface area contributed by atoms with E-state index < -0.39 is 44.9 Å². The average Bonchev–Trinajstić information content (AvgIpc) is 2.92. The molecule has 2 aromatic carbocycles. The molecule has 1 N–H and O–H groups in total. The summed E-state index contributed by atoms with van der Waals surface area (Å²) in [6.45, 7) is 0.383. The van der Waals surface area contributed by atoms with Crippen LogP contribution in [0.1, 0.15) is 35.6 Å². The number of benzene rings is 2. The Kier molecular flexibility index (Phi) is 8.85. The third kappa shape index (κ3) is 7.54. The first-order valence-corrected chi connectivity index (χ1v) is 14.1. The number of nitrogens with one attached hydrogen (secondary N) is 1. The summed E-state index contributed by atoms with van der Waals surface area (Å²) in [5.41, 5.74) is -0.533. The van der Waals surface area contributed by atoms with Crippen LogP contribution in [0.25, 0.3) is 0 Å². The SMILES string of the molecule is CS(=O)(=O)c1ncc(CC=NOc2cccc(C(F)(F)F)c2)c(C2CCN(C(=O)Nc3c(F)cccc3F)CC2)n1. The quantitative estimate of drug-likeness (QED) is 0.174. The lowest BCUT2D eigenvalue weighted by Gasteiger charge is -2.32. The molecule has 0 saturated carbocycles. The van der Waals surface area contributed by atoms with E-state index in [1.807, 2.05) is 0 Å². The maximum absolute atomic E-state index is 13.9. The number of rotatable bonds is 7. The molecule has 1 aromatic heterocycles. The molecule has 4 rings (SSSR count). The predicted molar refractivity (Wildman–Crippen MR) is 138 cm³/mol. The van der Waals surface area contributed by atoms with Crippen LogP contribution in [0.2, 0.25) is 0 Å². The summed E-state index contributed by atoms with van der Waals surface area (Å²) in [5, 5.41) is 5.57. The maximum atomic E-state index is 13.9. The van der Waals surface area contributed by atoms with E-state index in [0.29, 0.717) is 24.1 Å². The maximum Gasteiger partial charge on any atom is 0.416 e. The Bertz CT molecular complexity index is 1540. The molecule has 0 aliphatic carbocycles. The molecule has 9 nitrogen and oxygen atoms in total. The van der Waals surface area contributed by atoms with Crippen molar-refractivity contribution in [3.05, 3.63) is 77.1 Å². The number of likely N-dealkylation sites (tertiary alicyclic amines) is 1. The zero-order valence-electron chi connectivity index (χ0n) is 21.5. The zero-order valence-corrected chi connectivity index (χ0v) is 22.3. The van der Waals surface area contributed by atoms with Crippen LogP contribution in [0, 0.1) is 11.6 Å². The Morgan fingerprint density at radius 2 is 1.80 bits per heavy atom. The summed E-state index contributed by atoms with van der Waals surface area (Å²) in [4.78, 5) is 27.2. The van der Waals surface area contributed by atoms with Gasteiger partial charge in [-0.15, -0.1) is 0 Å². The van der Waals surface area contributed by atoms with Crippen molar-refractivity contribution in [2.45, 2.75) is 36.5 Å². The first-order chi connectivity index (χ1) is 19.3. The summed E-state index contributed by atoms with van der Waals surface area (Å²) in [6, 6.07) is 6.73. The van der Waals surface area contributed by atoms with Crippen molar-refractivity contribution in [1.82, 2.24) is 14.9 Å². The van der Waals surface area contributed by atoms with Crippen LogP contribution in [0.15, 0.2) is 59.0 Å². The molecule has 0 radical (unpaired) electrons. The highest BCUT2D eigenvalue weighted by molar-refractivity contribution is 7.90. The lowest BCUT2D eigenvalue weighted by molar-refractivity contribution is -0.137. The van der Waals surface area contributed by atoms with Gasteiger partial charge in [-0.05, 0) is 48.7 Å². The van der Waals surface area contributed by atoms with Gasteiger partial charge in [-0.3, -0.25) is 0 Å². The van der Waals surface area contributed by atoms with E-state index >= 15 is 0 Å². The van der Waals surface area contributed by atoms with Gasteiger partial charge in [0, 0.05) is 44.1 Å². The number of anilines is 1. The molecule has 0 atom stereocenters. The lowest BCUT2D eigenvalue weighted by atomic mass is 9.90. The van der Waals surface area contributed by atoms with Crippen molar-refractivity contribution in [3.63, 3.8) is 0 Å². The van der Waals surface area contributed by atoms with Crippen LogP contribution < -0.4 is 10.2 Å². The van der Waals surface area contributed by atoms with Crippen molar-refractivity contribution in [2.24, 2.45) is 5.16 Å². The average molecular weight is 598 g/mol. The first-order valence-electron chi connectivity index (χ1n) is 12.2. The second kappa shape index (κ2) is 12.2. The smallest absolute Gasteiger partial charge is 0.357 e. The van der Waals surface area contributed by atoms with Crippen molar-refractivity contribution < 1.29 is 40.0 Å². The number of nitrogens with zero attached hydrogens (tertiary/aromatic N) is 4. The van der Waals surface area contributed by atoms with Gasteiger partial charge in [0.25, 0.3) is 0 Å². The van der Waals surface area contributed by atoms with E-state index in [9.17, 15) is 35.2 Å². The second-order valence-electron chi connectivity index (χ2n) is 9.23. The van der Waals surface area contributed by atoms with Crippen LogP contribution in [0.4, 0.5) is 32.4 Å². The number of hydrogen-bond donors (Lipinski definition) is 1. The highest BCUT2D eigenvalue weighted by Gasteiger charge is 2.31. The molecule has 3 aromatic rings. The van der Waals surface area contributed by atoms with E-state index in [1.165, 1.54) is 35.5 Å². The van der Waals surface area contributed by atoms with E-state index in [4.69, 9.17) is 4.84 Å². The number of para-hydroxylation sites is 1. The van der Waals surface area contributed by atoms with Crippen LogP contribution >= 0.6 is 0 Å². The van der Waals surface area contributed by atoms with Gasteiger partial charge in [0.05, 0.1) is 11.3 Å². The fourth-order valence-corrected chi connectivity index (χ4v) is 4.72. The number of amides is 2. The summed E-state index contributed by atoms with van der Waals surface area (Å²) in [7, 11) is -3.74. The Hall–Kier alpha value is -4.14. The number of alkyl halides is 3. The summed E-state index contributed by atoms with van der Waals surface area (Å²) in [5.74, 6) is -2.24. The number of carbonyl (C=O) groups is 1. The third-order valence-corrected chi connectivity index (χ3v) is 7.14. The van der Waals surface area contributed by atoms with Crippen molar-refractivity contribution in [1.29, 1.82) is 0 Å². The predicted octanol–water partition coefficient (Wildman–Crippen LogP) is 5.20. The largest absolute Gasteiger partial charge is 0.416 e. The molecule has 0 spiro atoms. The molecule has 1 fully saturated rings. The minimum Gasteiger partial charge on any atom is -0.357 e. The number of sulfone groups is 1. The Labute approximate surface area is 232 Å². The Morgan fingerprint density at radius 3 is 2.44 bits per heavy atom. The van der Waals surface area contributed by atoms with E-state index in [2.05, 4.69) is 20.4 Å². The number of oxime groups is 1. The van der Waals surface area contributed by atoms with Gasteiger partial charge in [0.15, 0.2) is 5.75 Å². The number of urea groups is 1. The van der Waals surface area contributed by atoms with Gasteiger partial charge in [0.2, 0.25) is 15.0 Å². The first kappa shape index (κ1) is 29.8. The third-order valence-electron chi connectivity index (χ3n) is 6.28. The van der Waals surface area contributed by atoms with E-state index in [-0.39, 0.29) is 36.3 Å². The second-order valence-corrected chi connectivity index (χ2v) is 11.1. The number of piperidine rings is 1. The fourth-order valence-electron chi connectivity index (χ4n) is 4.21. The number of hydrogen-bond acceptors (Lipinski definition) is 7. The monoisotopic (exact) mass is 597 g/mol. The molecule has 1 aliphatic rings. The topological polar surface area (TPSA) is 114 Å². The summed E-state index contributed by atoms with van der Waals surface area (Å²) < 4.78 is 90.8. The van der Waals surface area contributed by atoms with Crippen LogP contribution in [-0.4, -0.2) is 54.9 Å². The van der Waals surface area contributed by atoms with Crippen molar-refractivity contribution >= 4 is 27.8 Å². The van der Waals surface area contributed by atoms with Gasteiger partial charge in [-0.25, -0.2) is 32.0 Å². The molecule has 2 amide bonds. The molecule has 0 unspecified atom stereocenters. The molecular weight excluding hydrogens is 573 g/mol. The normalized spacial score (nSPS) is 14.8. The van der Waals surface area contributed by atoms with Gasteiger partial charge < -0.3 is 15.1 Å². The Balaban J connectivity index is 1.45. The van der Waals surface area contributed by atoms with Crippen LogP contribution in [0.5, 0.6) is 5.75 Å². The van der Waals surface area contributed by atoms with Crippen molar-refractivity contribution in [3.8, 4) is 5.75 Å².